The van der Waals surface area contributed by atoms with E-state index < -0.39 is 12.1 Å². The van der Waals surface area contributed by atoms with E-state index in [0.717, 1.165) is 5.56 Å². The summed E-state index contributed by atoms with van der Waals surface area (Å²) in [6, 6.07) is 17.5. The van der Waals surface area contributed by atoms with Crippen LogP contribution in [-0.4, -0.2) is 12.1 Å². The van der Waals surface area contributed by atoms with Crippen LogP contribution in [0.4, 0.5) is 0 Å². The molecule has 23 heavy (non-hydrogen) atoms. The van der Waals surface area contributed by atoms with E-state index in [1.165, 1.54) is 0 Å². The topological polar surface area (TPSA) is 83.1 Å². The van der Waals surface area contributed by atoms with E-state index in [-0.39, 0.29) is 6.61 Å². The Balaban J connectivity index is 1.92. The minimum Gasteiger partial charge on any atom is -0.478 e. The number of hydrogen-bond donors (Lipinski definition) is 0. The number of rotatable bonds is 5. The Morgan fingerprint density at radius 3 is 2.43 bits per heavy atom. The summed E-state index contributed by atoms with van der Waals surface area (Å²) in [6.07, 6.45) is -0.831. The molecule has 0 aliphatic carbocycles. The van der Waals surface area contributed by atoms with Crippen molar-refractivity contribution in [3.63, 3.8) is 0 Å². The minimum atomic E-state index is -0.831. The van der Waals surface area contributed by atoms with Crippen molar-refractivity contribution in [2.75, 3.05) is 0 Å². The summed E-state index contributed by atoms with van der Waals surface area (Å²) in [5.41, 5.74) is 1.69. The van der Waals surface area contributed by atoms with E-state index in [4.69, 9.17) is 20.0 Å². The van der Waals surface area contributed by atoms with Gasteiger partial charge in [0.25, 0.3) is 0 Å². The highest BCUT2D eigenvalue weighted by Crippen LogP contribution is 2.18. The number of ether oxygens (including phenoxy) is 2. The van der Waals surface area contributed by atoms with Crippen LogP contribution >= 0.6 is 0 Å². The molecule has 0 aliphatic heterocycles. The first-order chi connectivity index (χ1) is 11.1. The normalized spacial score (nSPS) is 10.9. The Morgan fingerprint density at radius 2 is 1.78 bits per heavy atom. The molecule has 1 unspecified atom stereocenters. The van der Waals surface area contributed by atoms with Crippen molar-refractivity contribution >= 4 is 5.97 Å². The van der Waals surface area contributed by atoms with E-state index in [1.54, 1.807) is 55.5 Å². The Labute approximate surface area is 134 Å². The lowest BCUT2D eigenvalue weighted by molar-refractivity contribution is -0.152. The summed E-state index contributed by atoms with van der Waals surface area (Å²) in [5.74, 6) is -0.181. The molecular weight excluding hydrogens is 292 g/mol. The fraction of sp³-hybridized carbons (Fsp3) is 0.167. The van der Waals surface area contributed by atoms with Crippen molar-refractivity contribution in [1.29, 1.82) is 10.5 Å². The number of para-hydroxylation sites is 1. The Bertz CT molecular complexity index is 770. The molecular formula is C18H14N2O3. The van der Waals surface area contributed by atoms with Gasteiger partial charge < -0.3 is 9.47 Å². The second kappa shape index (κ2) is 7.63. The zero-order chi connectivity index (χ0) is 16.7. The van der Waals surface area contributed by atoms with E-state index in [2.05, 4.69) is 0 Å². The third-order valence-corrected chi connectivity index (χ3v) is 3.11. The first-order valence-corrected chi connectivity index (χ1v) is 6.95. The molecule has 2 rings (SSSR count). The van der Waals surface area contributed by atoms with Crippen LogP contribution < -0.4 is 4.74 Å². The van der Waals surface area contributed by atoms with Crippen molar-refractivity contribution in [3.8, 4) is 17.9 Å². The first-order valence-electron chi connectivity index (χ1n) is 6.95. The Hall–Kier alpha value is -3.31. The predicted octanol–water partition coefficient (Wildman–Crippen LogP) is 2.94. The van der Waals surface area contributed by atoms with Crippen LogP contribution in [0.1, 0.15) is 23.6 Å². The van der Waals surface area contributed by atoms with Crippen molar-refractivity contribution < 1.29 is 14.3 Å². The van der Waals surface area contributed by atoms with Gasteiger partial charge in [0, 0.05) is 0 Å². The number of benzene rings is 2. The molecule has 2 aromatic carbocycles. The lowest BCUT2D eigenvalue weighted by Gasteiger charge is -2.14. The van der Waals surface area contributed by atoms with Crippen LogP contribution in [-0.2, 0) is 16.1 Å². The molecule has 0 N–H and O–H groups in total. The molecule has 2 aromatic rings. The van der Waals surface area contributed by atoms with Gasteiger partial charge >= 0.3 is 5.97 Å². The molecule has 5 nitrogen and oxygen atoms in total. The summed E-state index contributed by atoms with van der Waals surface area (Å²) in [7, 11) is 0. The van der Waals surface area contributed by atoms with Crippen molar-refractivity contribution in [1.82, 2.24) is 0 Å². The smallest absolute Gasteiger partial charge is 0.347 e. The van der Waals surface area contributed by atoms with Crippen molar-refractivity contribution in [2.24, 2.45) is 0 Å². The second-order valence-electron chi connectivity index (χ2n) is 4.78. The Morgan fingerprint density at radius 1 is 1.09 bits per heavy atom. The van der Waals surface area contributed by atoms with Crippen molar-refractivity contribution in [2.45, 2.75) is 19.6 Å². The molecule has 0 heterocycles. The monoisotopic (exact) mass is 306 g/mol. The van der Waals surface area contributed by atoms with Crippen LogP contribution in [0.2, 0.25) is 0 Å². The van der Waals surface area contributed by atoms with Crippen LogP contribution in [0.15, 0.2) is 48.5 Å². The van der Waals surface area contributed by atoms with E-state index in [9.17, 15) is 4.79 Å². The predicted molar refractivity (Wildman–Crippen MR) is 82.2 cm³/mol. The van der Waals surface area contributed by atoms with E-state index >= 15 is 0 Å². The van der Waals surface area contributed by atoms with Crippen LogP contribution in [0.25, 0.3) is 0 Å². The minimum absolute atomic E-state index is 0.0954. The zero-order valence-corrected chi connectivity index (χ0v) is 12.5. The van der Waals surface area contributed by atoms with Crippen LogP contribution in [0, 0.1) is 22.7 Å². The first kappa shape index (κ1) is 16.1. The fourth-order valence-electron chi connectivity index (χ4n) is 1.85. The molecule has 0 fully saturated rings. The summed E-state index contributed by atoms with van der Waals surface area (Å²) >= 11 is 0. The quantitative estimate of drug-likeness (QED) is 0.793. The van der Waals surface area contributed by atoms with Gasteiger partial charge in [-0.2, -0.15) is 10.5 Å². The highest BCUT2D eigenvalue weighted by atomic mass is 16.6. The van der Waals surface area contributed by atoms with Gasteiger partial charge in [-0.15, -0.1) is 0 Å². The van der Waals surface area contributed by atoms with Crippen molar-refractivity contribution in [3.05, 3.63) is 65.2 Å². The van der Waals surface area contributed by atoms with Crippen LogP contribution in [0.3, 0.4) is 0 Å². The van der Waals surface area contributed by atoms with Gasteiger partial charge in [0.05, 0.1) is 17.2 Å². The van der Waals surface area contributed by atoms with Gasteiger partial charge in [-0.25, -0.2) is 4.79 Å². The molecule has 0 radical (unpaired) electrons. The molecule has 0 saturated heterocycles. The molecule has 114 valence electrons. The number of carbonyl (C=O) groups is 1. The van der Waals surface area contributed by atoms with Gasteiger partial charge in [0.2, 0.25) is 0 Å². The third kappa shape index (κ3) is 4.33. The summed E-state index contributed by atoms with van der Waals surface area (Å²) in [5, 5.41) is 17.7. The van der Waals surface area contributed by atoms with Gasteiger partial charge in [-0.05, 0) is 36.8 Å². The van der Waals surface area contributed by atoms with Gasteiger partial charge in [0.15, 0.2) is 6.10 Å². The zero-order valence-electron chi connectivity index (χ0n) is 12.5. The number of nitriles is 2. The molecule has 0 amide bonds. The number of nitrogens with zero attached hydrogens (tertiary/aromatic N) is 2. The molecule has 0 spiro atoms. The van der Waals surface area contributed by atoms with Gasteiger partial charge in [0.1, 0.15) is 18.4 Å². The third-order valence-electron chi connectivity index (χ3n) is 3.11. The van der Waals surface area contributed by atoms with Gasteiger partial charge in [-0.1, -0.05) is 24.3 Å². The second-order valence-corrected chi connectivity index (χ2v) is 4.78. The number of esters is 1. The lowest BCUT2D eigenvalue weighted by atomic mass is 10.2. The average Bonchev–Trinajstić information content (AvgIpc) is 2.60. The molecule has 1 atom stereocenters. The average molecular weight is 306 g/mol. The number of carbonyl (C=O) groups excluding carboxylic acids is 1. The molecule has 0 saturated carbocycles. The molecule has 5 heteroatoms. The maximum absolute atomic E-state index is 12.0. The van der Waals surface area contributed by atoms with Crippen LogP contribution in [0.5, 0.6) is 5.75 Å². The largest absolute Gasteiger partial charge is 0.478 e. The lowest BCUT2D eigenvalue weighted by Crippen LogP contribution is -2.26. The standard InChI is InChI=1S/C18H14N2O3/c1-13(23-17-5-3-2-4-16(17)11-20)18(21)22-12-15-8-6-14(10-19)7-9-15/h2-9,13H,12H2,1H3. The summed E-state index contributed by atoms with van der Waals surface area (Å²) in [4.78, 5) is 12.0. The maximum Gasteiger partial charge on any atom is 0.347 e. The Kier molecular flexibility index (Phi) is 5.33. The SMILES string of the molecule is CC(Oc1ccccc1C#N)C(=O)OCc1ccc(C#N)cc1. The highest BCUT2D eigenvalue weighted by molar-refractivity contribution is 5.74. The van der Waals surface area contributed by atoms with E-state index in [0.29, 0.717) is 16.9 Å². The summed E-state index contributed by atoms with van der Waals surface area (Å²) in [6.45, 7) is 1.66. The van der Waals surface area contributed by atoms with Gasteiger partial charge in [-0.3, -0.25) is 0 Å². The summed E-state index contributed by atoms with van der Waals surface area (Å²) < 4.78 is 10.7. The molecule has 0 bridgehead atoms. The fourth-order valence-corrected chi connectivity index (χ4v) is 1.85. The maximum atomic E-state index is 12.0. The number of hydrogen-bond acceptors (Lipinski definition) is 5. The van der Waals surface area contributed by atoms with E-state index in [1.807, 2.05) is 12.1 Å². The molecule has 0 aromatic heterocycles. The highest BCUT2D eigenvalue weighted by Gasteiger charge is 2.17. The molecule has 0 aliphatic rings.